The van der Waals surface area contributed by atoms with Crippen LogP contribution in [0.4, 0.5) is 0 Å². The van der Waals surface area contributed by atoms with Crippen LogP contribution in [0.2, 0.25) is 0 Å². The van der Waals surface area contributed by atoms with Gasteiger partial charge in [0.1, 0.15) is 6.29 Å². The van der Waals surface area contributed by atoms with E-state index in [1.807, 2.05) is 32.2 Å². The number of hydrogen-bond acceptors (Lipinski definition) is 11. The minimum Gasteiger partial charge on any atom is -0.392 e. The monoisotopic (exact) mass is 957 g/mol. The van der Waals surface area contributed by atoms with Crippen LogP contribution in [0, 0.1) is 0 Å². The topological polar surface area (TPSA) is 141 Å². The molecule has 4 aliphatic heterocycles. The Hall–Kier alpha value is -4.63. The van der Waals surface area contributed by atoms with Crippen molar-refractivity contribution in [3.63, 3.8) is 0 Å². The fourth-order valence-electron chi connectivity index (χ4n) is 9.36. The fourth-order valence-corrected chi connectivity index (χ4v) is 9.36. The van der Waals surface area contributed by atoms with E-state index in [2.05, 4.69) is 124 Å². The predicted octanol–water partition coefficient (Wildman–Crippen LogP) is 7.17. The quantitative estimate of drug-likeness (QED) is 0.0795. The highest BCUT2D eigenvalue weighted by Gasteiger charge is 2.21. The number of β-amino-alcohol motifs (C(OH)–C–C–N with tert-alkyl or cyclic N) is 2. The zero-order valence-corrected chi connectivity index (χ0v) is 42.7. The van der Waals surface area contributed by atoms with Crippen LogP contribution >= 0.6 is 0 Å². The summed E-state index contributed by atoms with van der Waals surface area (Å²) in [6.45, 7) is 17.0. The Morgan fingerprint density at radius 2 is 0.786 bits per heavy atom. The summed E-state index contributed by atoms with van der Waals surface area (Å²) < 4.78 is 10.8. The van der Waals surface area contributed by atoms with E-state index < -0.39 is 6.10 Å². The van der Waals surface area contributed by atoms with Crippen LogP contribution < -0.4 is 11.5 Å². The molecule has 0 saturated carbocycles. The van der Waals surface area contributed by atoms with Gasteiger partial charge >= 0.3 is 0 Å². The Kier molecular flexibility index (Phi) is 25.5. The number of nitrogens with zero attached hydrogens (tertiary/aromatic N) is 4. The molecule has 4 unspecified atom stereocenters. The Labute approximate surface area is 420 Å². The van der Waals surface area contributed by atoms with Crippen LogP contribution in [-0.4, -0.2) is 140 Å². The predicted molar refractivity (Wildman–Crippen MR) is 286 cm³/mol. The number of nitrogens with two attached hydrogens (primary N) is 2. The van der Waals surface area contributed by atoms with E-state index in [0.717, 1.165) is 116 Å². The van der Waals surface area contributed by atoms with Crippen molar-refractivity contribution in [3.05, 3.63) is 177 Å². The fraction of sp³-hybridized carbons (Fsp3) is 0.475. The van der Waals surface area contributed by atoms with Crippen molar-refractivity contribution >= 4 is 6.29 Å². The summed E-state index contributed by atoms with van der Waals surface area (Å²) in [4.78, 5) is 19.5. The van der Waals surface area contributed by atoms with Crippen LogP contribution in [-0.2, 0) is 61.3 Å². The van der Waals surface area contributed by atoms with Crippen LogP contribution in [0.3, 0.4) is 0 Å². The minimum atomic E-state index is -0.393. The van der Waals surface area contributed by atoms with Crippen LogP contribution in [0.25, 0.3) is 0 Å². The highest BCUT2D eigenvalue weighted by Crippen LogP contribution is 2.22. The molecule has 4 heterocycles. The van der Waals surface area contributed by atoms with Gasteiger partial charge in [-0.1, -0.05) is 141 Å². The van der Waals surface area contributed by atoms with Gasteiger partial charge in [0.2, 0.25) is 0 Å². The van der Waals surface area contributed by atoms with E-state index in [9.17, 15) is 15.0 Å². The molecule has 70 heavy (non-hydrogen) atoms. The summed E-state index contributed by atoms with van der Waals surface area (Å²) in [5, 5.41) is 19.1. The van der Waals surface area contributed by atoms with Crippen molar-refractivity contribution in [1.29, 1.82) is 0 Å². The third kappa shape index (κ3) is 19.2. The molecule has 6 N–H and O–H groups in total. The minimum absolute atomic E-state index is 0.158. The Balaban J connectivity index is 0.000000165. The summed E-state index contributed by atoms with van der Waals surface area (Å²) in [6, 6.07) is 43.6. The average molecular weight is 957 g/mol. The molecule has 11 nitrogen and oxygen atoms in total. The van der Waals surface area contributed by atoms with Gasteiger partial charge in [-0.15, -0.1) is 0 Å². The smallest absolute Gasteiger partial charge is 0.150 e. The second kappa shape index (κ2) is 31.7. The largest absolute Gasteiger partial charge is 0.392 e. The molecular weight excluding hydrogens is 873 g/mol. The van der Waals surface area contributed by atoms with Crippen molar-refractivity contribution in [3.8, 4) is 0 Å². The lowest BCUT2D eigenvalue weighted by Crippen LogP contribution is -2.40. The van der Waals surface area contributed by atoms with E-state index >= 15 is 0 Å². The Morgan fingerprint density at radius 3 is 1.09 bits per heavy atom. The standard InChI is InChI=1S/C14H21NO.C13H20N2O.C13H19NO.C12H18N2O.C7H6O/c1-3-14(16-2)11-15-9-8-12-6-4-5-7-13(12)10-15;1-16-13(8-14)10-15-7-6-11-4-2-3-5-12(11)9-15;1-2-13(15)10-14-8-7-11-5-3-4-6-12(11)9-14;13-7-12(15)9-14-6-5-10-3-1-2-4-11(10)8-14;8-6-7-4-2-1-3-5-7/h4-7,14H,3,8-11H2,1-2H3;2-5,13H,6-10,14H2,1H3;3-6,13,15H,2,7-10H2,1H3;1-4,12,15H,5-9,13H2;1-6H. The maximum Gasteiger partial charge on any atom is 0.150 e. The van der Waals surface area contributed by atoms with E-state index in [0.29, 0.717) is 25.7 Å². The molecule has 0 aliphatic carbocycles. The van der Waals surface area contributed by atoms with Crippen LogP contribution in [0.15, 0.2) is 127 Å². The lowest BCUT2D eigenvalue weighted by molar-refractivity contribution is 0.0570. The number of aliphatic hydroxyl groups excluding tert-OH is 2. The van der Waals surface area contributed by atoms with Gasteiger partial charge in [0.05, 0.1) is 24.4 Å². The number of carbonyl (C=O) groups is 1. The zero-order valence-electron chi connectivity index (χ0n) is 42.7. The Morgan fingerprint density at radius 1 is 0.457 bits per heavy atom. The van der Waals surface area contributed by atoms with Gasteiger partial charge in [-0.2, -0.15) is 0 Å². The van der Waals surface area contributed by atoms with Crippen molar-refractivity contribution in [2.45, 2.75) is 103 Å². The first-order chi connectivity index (χ1) is 34.2. The number of carbonyl (C=O) groups excluding carboxylic acids is 1. The summed E-state index contributed by atoms with van der Waals surface area (Å²) in [5.74, 6) is 0. The van der Waals surface area contributed by atoms with Crippen molar-refractivity contribution in [2.24, 2.45) is 11.5 Å². The first-order valence-corrected chi connectivity index (χ1v) is 25.7. The van der Waals surface area contributed by atoms with Gasteiger partial charge in [0.25, 0.3) is 0 Å². The molecular formula is C59H84N6O5. The molecule has 9 rings (SSSR count). The molecule has 4 aliphatic rings. The summed E-state index contributed by atoms with van der Waals surface area (Å²) in [5.41, 5.74) is 23.4. The Bertz CT molecular complexity index is 2070. The van der Waals surface area contributed by atoms with Gasteiger partial charge < -0.3 is 31.2 Å². The second-order valence-corrected chi connectivity index (χ2v) is 18.9. The number of hydrogen-bond donors (Lipinski definition) is 4. The number of aldehydes is 1. The lowest BCUT2D eigenvalue weighted by atomic mass is 9.99. The molecule has 5 aromatic carbocycles. The molecule has 0 fully saturated rings. The van der Waals surface area contributed by atoms with E-state index in [1.165, 1.54) is 50.9 Å². The molecule has 0 bridgehead atoms. The maximum atomic E-state index is 10.0. The zero-order chi connectivity index (χ0) is 49.9. The third-order valence-electron chi connectivity index (χ3n) is 13.8. The number of methoxy groups -OCH3 is 2. The first kappa shape index (κ1) is 56.3. The van der Waals surface area contributed by atoms with Gasteiger partial charge in [0.15, 0.2) is 0 Å². The second-order valence-electron chi connectivity index (χ2n) is 18.9. The molecule has 380 valence electrons. The van der Waals surface area contributed by atoms with E-state index in [4.69, 9.17) is 20.9 Å². The van der Waals surface area contributed by atoms with E-state index in [-0.39, 0.29) is 12.2 Å². The highest BCUT2D eigenvalue weighted by molar-refractivity contribution is 5.74. The number of aliphatic hydroxyl groups is 2. The normalized spacial score (nSPS) is 17.2. The molecule has 0 spiro atoms. The molecule has 4 atom stereocenters. The van der Waals surface area contributed by atoms with Gasteiger partial charge in [-0.3, -0.25) is 24.4 Å². The maximum absolute atomic E-state index is 10.0. The number of fused-ring (bicyclic) bond motifs is 4. The SMILES string of the molecule is CCC(CN1CCc2ccccc2C1)OC.CCC(O)CN1CCc2ccccc2C1.COC(CN)CN1CCc2ccccc2C1.NCC(O)CN1CCc2ccccc2C1.O=Cc1ccccc1. The van der Waals surface area contributed by atoms with Gasteiger partial charge in [-0.05, 0) is 83.0 Å². The van der Waals surface area contributed by atoms with Crippen LogP contribution in [0.5, 0.6) is 0 Å². The molecule has 11 heteroatoms. The summed E-state index contributed by atoms with van der Waals surface area (Å²) in [7, 11) is 3.54. The highest BCUT2D eigenvalue weighted by atomic mass is 16.5. The van der Waals surface area contributed by atoms with Crippen LogP contribution in [0.1, 0.15) is 81.6 Å². The average Bonchev–Trinajstić information content (AvgIpc) is 3.42. The molecule has 0 radical (unpaired) electrons. The summed E-state index contributed by atoms with van der Waals surface area (Å²) >= 11 is 0. The van der Waals surface area contributed by atoms with Gasteiger partial charge in [-0.25, -0.2) is 0 Å². The first-order valence-electron chi connectivity index (χ1n) is 25.7. The number of benzene rings is 5. The van der Waals surface area contributed by atoms with Crippen molar-refractivity contribution in [1.82, 2.24) is 19.6 Å². The molecule has 0 amide bonds. The van der Waals surface area contributed by atoms with E-state index in [1.54, 1.807) is 19.2 Å². The molecule has 0 saturated heterocycles. The van der Waals surface area contributed by atoms with Crippen molar-refractivity contribution < 1.29 is 24.5 Å². The lowest BCUT2D eigenvalue weighted by Gasteiger charge is -2.31. The number of rotatable bonds is 15. The van der Waals surface area contributed by atoms with Crippen molar-refractivity contribution in [2.75, 3.05) is 79.7 Å². The third-order valence-corrected chi connectivity index (χ3v) is 13.8. The molecule has 5 aromatic rings. The molecule has 0 aromatic heterocycles. The van der Waals surface area contributed by atoms with Gasteiger partial charge in [0, 0.05) is 111 Å². The summed E-state index contributed by atoms with van der Waals surface area (Å²) in [6.07, 6.45) is 7.25. The number of ether oxygens (including phenoxy) is 2.